The number of aliphatic hydroxyl groups excluding tert-OH is 1. The quantitative estimate of drug-likeness (QED) is 0.0767. The molecule has 0 amide bonds. The molecule has 1 saturated carbocycles. The van der Waals surface area contributed by atoms with Crippen LogP contribution in [0.2, 0.25) is 36.3 Å². The predicted octanol–water partition coefficient (Wildman–Crippen LogP) is 8.59. The summed E-state index contributed by atoms with van der Waals surface area (Å²) in [4.78, 5) is 24.9. The van der Waals surface area contributed by atoms with Crippen LogP contribution in [0, 0.1) is 11.8 Å². The van der Waals surface area contributed by atoms with Gasteiger partial charge in [-0.1, -0.05) is 92.7 Å². The van der Waals surface area contributed by atoms with Crippen LogP contribution >= 0.6 is 0 Å². The van der Waals surface area contributed by atoms with Gasteiger partial charge < -0.3 is 18.7 Å². The minimum Gasteiger partial charge on any atom is -0.469 e. The van der Waals surface area contributed by atoms with Gasteiger partial charge in [0.05, 0.1) is 31.3 Å². The number of ketones is 1. The maximum absolute atomic E-state index is 13.5. The van der Waals surface area contributed by atoms with E-state index in [1.807, 2.05) is 0 Å². The Morgan fingerprint density at radius 1 is 0.951 bits per heavy atom. The number of aliphatic hydroxyl groups is 1. The summed E-state index contributed by atoms with van der Waals surface area (Å²) in [5.41, 5.74) is 0. The number of rotatable bonds is 17. The molecule has 1 fully saturated rings. The summed E-state index contributed by atoms with van der Waals surface area (Å²) in [5.74, 6) is -0.775. The fraction of sp³-hybridized carbons (Fsp3) is 0.879. The normalized spacial score (nSPS) is 22.4. The Hall–Kier alpha value is -0.806. The van der Waals surface area contributed by atoms with Crippen molar-refractivity contribution in [3.05, 3.63) is 12.2 Å². The molecule has 0 aromatic carbocycles. The highest BCUT2D eigenvalue weighted by molar-refractivity contribution is 6.74. The van der Waals surface area contributed by atoms with E-state index in [4.69, 9.17) is 13.6 Å². The van der Waals surface area contributed by atoms with Gasteiger partial charge in [0.1, 0.15) is 5.78 Å². The third-order valence-corrected chi connectivity index (χ3v) is 18.8. The van der Waals surface area contributed by atoms with Crippen LogP contribution in [0.4, 0.5) is 0 Å². The molecule has 0 heterocycles. The maximum atomic E-state index is 13.5. The standard InChI is InChI=1S/C33H64O6Si2/c1-13-14-16-19-25(38-40(9,10)32(2,3)4)22-23-26-29(39-41(11,12)33(5,6)7)24-28(35)31(26)27(34)20-17-15-18-21-30(36)37-8/h22-23,25-27,29,31,34H,13-21,24H2,1-12H3/b23-22+/t25-,26+,27?,29-,31?/m0/s1. The first kappa shape index (κ1) is 38.2. The first-order valence-corrected chi connectivity index (χ1v) is 21.9. The number of unbranched alkanes of at least 4 members (excludes halogenated alkanes) is 4. The summed E-state index contributed by atoms with van der Waals surface area (Å²) in [6.45, 7) is 24.7. The van der Waals surface area contributed by atoms with E-state index in [-0.39, 0.29) is 40.0 Å². The van der Waals surface area contributed by atoms with Crippen molar-refractivity contribution in [2.24, 2.45) is 11.8 Å². The first-order chi connectivity index (χ1) is 18.8. The lowest BCUT2D eigenvalue weighted by atomic mass is 9.86. The van der Waals surface area contributed by atoms with Crippen molar-refractivity contribution in [1.82, 2.24) is 0 Å². The number of carbonyl (C=O) groups is 2. The Labute approximate surface area is 254 Å². The average Bonchev–Trinajstić information content (AvgIpc) is 3.14. The van der Waals surface area contributed by atoms with Crippen molar-refractivity contribution in [1.29, 1.82) is 0 Å². The van der Waals surface area contributed by atoms with E-state index in [1.165, 1.54) is 13.5 Å². The molecular formula is C33H64O6Si2. The van der Waals surface area contributed by atoms with Gasteiger partial charge in [-0.05, 0) is 55.5 Å². The molecule has 1 aliphatic rings. The van der Waals surface area contributed by atoms with Gasteiger partial charge in [0.15, 0.2) is 16.6 Å². The topological polar surface area (TPSA) is 82.1 Å². The van der Waals surface area contributed by atoms with Crippen molar-refractivity contribution in [2.75, 3.05) is 7.11 Å². The summed E-state index contributed by atoms with van der Waals surface area (Å²) >= 11 is 0. The van der Waals surface area contributed by atoms with Crippen LogP contribution < -0.4 is 0 Å². The minimum atomic E-state index is -2.14. The second kappa shape index (κ2) is 16.3. The highest BCUT2D eigenvalue weighted by Crippen LogP contribution is 2.44. The maximum Gasteiger partial charge on any atom is 0.305 e. The molecule has 0 saturated heterocycles. The third kappa shape index (κ3) is 12.0. The third-order valence-electron chi connectivity index (χ3n) is 9.79. The van der Waals surface area contributed by atoms with Crippen LogP contribution in [0.25, 0.3) is 0 Å². The van der Waals surface area contributed by atoms with Gasteiger partial charge in [0, 0.05) is 18.8 Å². The van der Waals surface area contributed by atoms with Gasteiger partial charge >= 0.3 is 5.97 Å². The monoisotopic (exact) mass is 612 g/mol. The van der Waals surface area contributed by atoms with Gasteiger partial charge in [-0.2, -0.15) is 0 Å². The van der Waals surface area contributed by atoms with Crippen LogP contribution in [0.5, 0.6) is 0 Å². The Balaban J connectivity index is 3.24. The number of hydrogen-bond donors (Lipinski definition) is 1. The second-order valence-corrected chi connectivity index (χ2v) is 24.7. The molecule has 0 radical (unpaired) electrons. The lowest BCUT2D eigenvalue weighted by molar-refractivity contribution is -0.140. The molecule has 6 nitrogen and oxygen atoms in total. The fourth-order valence-electron chi connectivity index (χ4n) is 4.99. The van der Waals surface area contributed by atoms with E-state index >= 15 is 0 Å². The summed E-state index contributed by atoms with van der Waals surface area (Å²) < 4.78 is 18.5. The van der Waals surface area contributed by atoms with Crippen molar-refractivity contribution < 1.29 is 28.3 Å². The molecule has 8 heteroatoms. The largest absolute Gasteiger partial charge is 0.469 e. The molecule has 1 aliphatic carbocycles. The molecule has 0 spiro atoms. The molecule has 0 bridgehead atoms. The molecule has 1 rings (SSSR count). The molecule has 5 atom stereocenters. The first-order valence-electron chi connectivity index (χ1n) is 16.1. The smallest absolute Gasteiger partial charge is 0.305 e. The lowest BCUT2D eigenvalue weighted by Crippen LogP contribution is -2.45. The van der Waals surface area contributed by atoms with E-state index in [9.17, 15) is 14.7 Å². The highest BCUT2D eigenvalue weighted by atomic mass is 28.4. The van der Waals surface area contributed by atoms with Crippen LogP contribution in [0.1, 0.15) is 113 Å². The predicted molar refractivity (Wildman–Crippen MR) is 175 cm³/mol. The average molecular weight is 613 g/mol. The lowest BCUT2D eigenvalue weighted by Gasteiger charge is -2.40. The molecule has 41 heavy (non-hydrogen) atoms. The van der Waals surface area contributed by atoms with Gasteiger partial charge in [-0.15, -0.1) is 0 Å². The number of ether oxygens (including phenoxy) is 1. The van der Waals surface area contributed by atoms with E-state index in [0.717, 1.165) is 38.5 Å². The zero-order valence-electron chi connectivity index (χ0n) is 28.6. The number of esters is 1. The Bertz CT molecular complexity index is 840. The van der Waals surface area contributed by atoms with Crippen LogP contribution in [0.15, 0.2) is 12.2 Å². The SMILES string of the molecule is CCCCC[C@@H](/C=C/[C@H]1C(C(O)CCCCCC(=O)OC)C(=O)C[C@@H]1O[Si](C)(C)C(C)(C)C)O[Si](C)(C)C(C)(C)C. The molecule has 240 valence electrons. The van der Waals surface area contributed by atoms with E-state index < -0.39 is 28.7 Å². The van der Waals surface area contributed by atoms with Gasteiger partial charge in [-0.3, -0.25) is 9.59 Å². The number of Topliss-reactive ketones (excluding diaryl/α,β-unsaturated/α-hetero) is 1. The molecule has 1 N–H and O–H groups in total. The summed E-state index contributed by atoms with van der Waals surface area (Å²) in [5, 5.41) is 11.5. The summed E-state index contributed by atoms with van der Waals surface area (Å²) in [7, 11) is -2.73. The van der Waals surface area contributed by atoms with Crippen molar-refractivity contribution in [2.45, 2.75) is 167 Å². The van der Waals surface area contributed by atoms with Gasteiger partial charge in [0.25, 0.3) is 0 Å². The molecule has 0 aromatic rings. The molecule has 2 unspecified atom stereocenters. The number of carbonyl (C=O) groups excluding carboxylic acids is 2. The van der Waals surface area contributed by atoms with Crippen LogP contribution in [0.3, 0.4) is 0 Å². The minimum absolute atomic E-state index is 0.0113. The van der Waals surface area contributed by atoms with Crippen molar-refractivity contribution >= 4 is 28.4 Å². The zero-order chi connectivity index (χ0) is 31.6. The number of methoxy groups -OCH3 is 1. The van der Waals surface area contributed by atoms with Crippen LogP contribution in [-0.2, 0) is 23.2 Å². The Morgan fingerprint density at radius 2 is 1.54 bits per heavy atom. The molecular weight excluding hydrogens is 549 g/mol. The van der Waals surface area contributed by atoms with E-state index in [1.54, 1.807) is 0 Å². The summed E-state index contributed by atoms with van der Waals surface area (Å²) in [6, 6.07) is 0. The highest BCUT2D eigenvalue weighted by Gasteiger charge is 2.49. The van der Waals surface area contributed by atoms with E-state index in [2.05, 4.69) is 86.8 Å². The molecule has 0 aromatic heterocycles. The molecule has 0 aliphatic heterocycles. The Kier molecular flexibility index (Phi) is 15.2. The summed E-state index contributed by atoms with van der Waals surface area (Å²) in [6.07, 6.45) is 11.3. The fourth-order valence-corrected chi connectivity index (χ4v) is 7.64. The van der Waals surface area contributed by atoms with Gasteiger partial charge in [0.2, 0.25) is 0 Å². The van der Waals surface area contributed by atoms with Gasteiger partial charge in [-0.25, -0.2) is 0 Å². The van der Waals surface area contributed by atoms with Crippen molar-refractivity contribution in [3.8, 4) is 0 Å². The second-order valence-electron chi connectivity index (χ2n) is 15.2. The zero-order valence-corrected chi connectivity index (χ0v) is 30.6. The van der Waals surface area contributed by atoms with Crippen LogP contribution in [-0.4, -0.2) is 58.9 Å². The Morgan fingerprint density at radius 3 is 2.07 bits per heavy atom. The van der Waals surface area contributed by atoms with Crippen molar-refractivity contribution in [3.63, 3.8) is 0 Å². The number of hydrogen-bond acceptors (Lipinski definition) is 6. The van der Waals surface area contributed by atoms with E-state index in [0.29, 0.717) is 19.3 Å².